The van der Waals surface area contributed by atoms with Crippen molar-refractivity contribution >= 4 is 11.0 Å². The Morgan fingerprint density at radius 1 is 0.732 bits per heavy atom. The predicted octanol–water partition coefficient (Wildman–Crippen LogP) is 7.61. The van der Waals surface area contributed by atoms with E-state index >= 15 is 0 Å². The zero-order valence-electron chi connectivity index (χ0n) is 24.4. The van der Waals surface area contributed by atoms with Crippen molar-refractivity contribution in [2.45, 2.75) is 83.8 Å². The maximum absolute atomic E-state index is 14.4. The number of rotatable bonds is 6. The Bertz CT molecular complexity index is 1650. The van der Waals surface area contributed by atoms with Gasteiger partial charge in [0.15, 0.2) is 23.0 Å². The third-order valence-electron chi connectivity index (χ3n) is 7.97. The van der Waals surface area contributed by atoms with Gasteiger partial charge in [-0.25, -0.2) is 4.63 Å². The molecule has 0 N–H and O–H groups in total. The van der Waals surface area contributed by atoms with Crippen LogP contribution in [-0.4, -0.2) is 23.4 Å². The van der Waals surface area contributed by atoms with Crippen LogP contribution >= 0.6 is 0 Å². The molecule has 3 heterocycles. The Balaban J connectivity index is 1.38. The molecule has 0 unspecified atom stereocenters. The van der Waals surface area contributed by atoms with E-state index in [0.29, 0.717) is 35.4 Å². The average Bonchev–Trinajstić information content (AvgIpc) is 3.58. The lowest BCUT2D eigenvalue weighted by molar-refractivity contribution is -0.287. The lowest BCUT2D eigenvalue weighted by Gasteiger charge is -2.30. The maximum atomic E-state index is 14.4. The van der Waals surface area contributed by atoms with E-state index in [4.69, 9.17) is 23.6 Å². The molecular weight excluding hydrogens is 530 g/mol. The number of benzene rings is 3. The molecule has 0 bridgehead atoms. The molecule has 41 heavy (non-hydrogen) atoms. The van der Waals surface area contributed by atoms with Crippen LogP contribution in [-0.2, 0) is 29.1 Å². The van der Waals surface area contributed by atoms with Crippen LogP contribution < -0.4 is 18.9 Å². The van der Waals surface area contributed by atoms with Gasteiger partial charge in [-0.05, 0) is 85.9 Å². The van der Waals surface area contributed by atoms with Gasteiger partial charge in [0.1, 0.15) is 11.0 Å². The fraction of sp³-hybridized carbons (Fsp3) is 0.438. The molecule has 0 amide bonds. The highest BCUT2D eigenvalue weighted by atomic mass is 19.3. The number of ether oxygens (including phenoxy) is 4. The van der Waals surface area contributed by atoms with Crippen LogP contribution in [0.25, 0.3) is 11.0 Å². The van der Waals surface area contributed by atoms with Crippen molar-refractivity contribution in [1.29, 1.82) is 0 Å². The molecule has 1 aromatic heterocycles. The molecule has 0 atom stereocenters. The molecule has 6 rings (SSSR count). The normalized spacial score (nSPS) is 16.0. The Hall–Kier alpha value is -3.88. The van der Waals surface area contributed by atoms with Gasteiger partial charge < -0.3 is 18.9 Å². The van der Waals surface area contributed by atoms with Crippen LogP contribution in [0.3, 0.4) is 0 Å². The maximum Gasteiger partial charge on any atom is 0.586 e. The summed E-state index contributed by atoms with van der Waals surface area (Å²) in [7, 11) is 0. The van der Waals surface area contributed by atoms with Crippen LogP contribution in [0, 0.1) is 0 Å². The van der Waals surface area contributed by atoms with Crippen molar-refractivity contribution < 1.29 is 32.4 Å². The number of nitrogens with zero attached hydrogens (tertiary/aromatic N) is 2. The third-order valence-corrected chi connectivity index (χ3v) is 7.97. The largest absolute Gasteiger partial charge is 0.586 e. The summed E-state index contributed by atoms with van der Waals surface area (Å²) in [5.41, 5.74) is 4.82. The second-order valence-corrected chi connectivity index (χ2v) is 13.4. The van der Waals surface area contributed by atoms with Gasteiger partial charge in [0.25, 0.3) is 0 Å². The Morgan fingerprint density at radius 3 is 2.17 bits per heavy atom. The summed E-state index contributed by atoms with van der Waals surface area (Å²) in [6.07, 6.45) is -2.62. The van der Waals surface area contributed by atoms with E-state index in [1.165, 1.54) is 0 Å². The molecule has 0 radical (unpaired) electrons. The van der Waals surface area contributed by atoms with Crippen molar-refractivity contribution in [2.24, 2.45) is 0 Å². The van der Waals surface area contributed by atoms with Crippen LogP contribution in [0.2, 0.25) is 0 Å². The van der Waals surface area contributed by atoms with Crippen molar-refractivity contribution in [3.63, 3.8) is 0 Å². The summed E-state index contributed by atoms with van der Waals surface area (Å²) in [5.74, 6) is 1.54. The fourth-order valence-electron chi connectivity index (χ4n) is 5.87. The molecule has 0 aliphatic carbocycles. The quantitative estimate of drug-likeness (QED) is 0.239. The monoisotopic (exact) mass is 564 g/mol. The summed E-state index contributed by atoms with van der Waals surface area (Å²) >= 11 is 0. The second-order valence-electron chi connectivity index (χ2n) is 13.4. The molecule has 216 valence electrons. The Kier molecular flexibility index (Phi) is 6.03. The highest BCUT2D eigenvalue weighted by molar-refractivity contribution is 5.79. The van der Waals surface area contributed by atoms with E-state index < -0.39 is 11.7 Å². The number of fused-ring (bicyclic) bond motifs is 3. The summed E-state index contributed by atoms with van der Waals surface area (Å²) in [4.78, 5) is 0. The minimum absolute atomic E-state index is 0.0450. The Labute approximate surface area is 237 Å². The summed E-state index contributed by atoms with van der Waals surface area (Å²) in [6.45, 7) is 14.8. The minimum atomic E-state index is -3.73. The fourth-order valence-corrected chi connectivity index (χ4v) is 5.87. The summed E-state index contributed by atoms with van der Waals surface area (Å²) < 4.78 is 55.0. The molecule has 0 fully saturated rings. The molecular formula is C32H34F2N2O5. The lowest BCUT2D eigenvalue weighted by atomic mass is 9.74. The standard InChI is InChI=1S/C32H34F2N2O5/c1-29(2,3)21-10-18(12-23-27(21)36-41-35-23)16-31(6,7)22-11-19(13-26-28(22)40-32(33,34)39-26)15-30(4,5)20-8-9-24-25(14-20)38-17-37-24/h8-14H,15-17H2,1-7H3. The van der Waals surface area contributed by atoms with E-state index in [1.54, 1.807) is 6.07 Å². The number of hydrogen-bond acceptors (Lipinski definition) is 7. The average molecular weight is 565 g/mol. The summed E-state index contributed by atoms with van der Waals surface area (Å²) in [6, 6.07) is 13.6. The molecule has 2 aliphatic heterocycles. The van der Waals surface area contributed by atoms with Gasteiger partial charge in [0.2, 0.25) is 6.79 Å². The van der Waals surface area contributed by atoms with E-state index in [-0.39, 0.29) is 29.1 Å². The molecule has 9 heteroatoms. The summed E-state index contributed by atoms with van der Waals surface area (Å²) in [5, 5.41) is 8.20. The molecule has 0 saturated heterocycles. The second kappa shape index (κ2) is 9.06. The van der Waals surface area contributed by atoms with Crippen molar-refractivity contribution in [3.8, 4) is 23.0 Å². The Morgan fingerprint density at radius 2 is 1.41 bits per heavy atom. The number of halogens is 2. The van der Waals surface area contributed by atoms with E-state index in [0.717, 1.165) is 27.8 Å². The van der Waals surface area contributed by atoms with Gasteiger partial charge in [0.05, 0.1) is 0 Å². The van der Waals surface area contributed by atoms with Crippen molar-refractivity contribution in [2.75, 3.05) is 6.79 Å². The van der Waals surface area contributed by atoms with Crippen LogP contribution in [0.15, 0.2) is 47.1 Å². The molecule has 0 saturated carbocycles. The molecule has 7 nitrogen and oxygen atoms in total. The zero-order valence-corrected chi connectivity index (χ0v) is 24.4. The molecule has 3 aromatic carbocycles. The first-order valence-electron chi connectivity index (χ1n) is 13.7. The number of alkyl halides is 2. The molecule has 2 aliphatic rings. The van der Waals surface area contributed by atoms with Crippen molar-refractivity contribution in [1.82, 2.24) is 10.3 Å². The number of hydrogen-bond donors (Lipinski definition) is 0. The van der Waals surface area contributed by atoms with Crippen LogP contribution in [0.4, 0.5) is 8.78 Å². The van der Waals surface area contributed by atoms with Crippen LogP contribution in [0.5, 0.6) is 23.0 Å². The van der Waals surface area contributed by atoms with Crippen molar-refractivity contribution in [3.05, 3.63) is 70.3 Å². The van der Waals surface area contributed by atoms with Gasteiger partial charge in [-0.1, -0.05) is 66.7 Å². The van der Waals surface area contributed by atoms with E-state index in [1.807, 2.05) is 44.2 Å². The first-order chi connectivity index (χ1) is 19.1. The highest BCUT2D eigenvalue weighted by Crippen LogP contribution is 2.50. The number of aromatic nitrogens is 2. The lowest BCUT2D eigenvalue weighted by Crippen LogP contribution is -2.27. The predicted molar refractivity (Wildman–Crippen MR) is 149 cm³/mol. The van der Waals surface area contributed by atoms with Gasteiger partial charge in [0, 0.05) is 5.56 Å². The molecule has 0 spiro atoms. The minimum Gasteiger partial charge on any atom is -0.454 e. The van der Waals surface area contributed by atoms with Gasteiger partial charge >= 0.3 is 6.29 Å². The van der Waals surface area contributed by atoms with Gasteiger partial charge in [-0.2, -0.15) is 0 Å². The first kappa shape index (κ1) is 27.3. The zero-order chi connectivity index (χ0) is 29.4. The first-order valence-corrected chi connectivity index (χ1v) is 13.7. The SMILES string of the molecule is CC(C)(C)c1cc(CC(C)(C)c2cc(CC(C)(C)c3ccc4c(c3)OCO4)cc3c2OC(F)(F)O3)cc2nonc12. The van der Waals surface area contributed by atoms with E-state index in [9.17, 15) is 8.78 Å². The van der Waals surface area contributed by atoms with E-state index in [2.05, 4.69) is 51.0 Å². The third kappa shape index (κ3) is 5.06. The van der Waals surface area contributed by atoms with Gasteiger partial charge in [-0.15, -0.1) is 8.78 Å². The molecule has 4 aromatic rings. The van der Waals surface area contributed by atoms with Crippen LogP contribution in [0.1, 0.15) is 76.3 Å². The smallest absolute Gasteiger partial charge is 0.454 e. The van der Waals surface area contributed by atoms with Gasteiger partial charge in [-0.3, -0.25) is 0 Å². The topological polar surface area (TPSA) is 75.8 Å². The highest BCUT2D eigenvalue weighted by Gasteiger charge is 2.46.